The summed E-state index contributed by atoms with van der Waals surface area (Å²) in [6.45, 7) is 5.38. The van der Waals surface area contributed by atoms with Crippen LogP contribution < -0.4 is 10.7 Å². The Kier molecular flexibility index (Phi) is 4.64. The molecule has 128 valence electrons. The molecule has 0 bridgehead atoms. The van der Waals surface area contributed by atoms with Gasteiger partial charge in [0.2, 0.25) is 11.3 Å². The predicted molar refractivity (Wildman–Crippen MR) is 101 cm³/mol. The first-order valence-corrected chi connectivity index (χ1v) is 8.39. The van der Waals surface area contributed by atoms with E-state index in [1.807, 2.05) is 26.0 Å². The number of amides is 1. The maximum Gasteiger partial charge on any atom is 0.221 e. The molecule has 4 nitrogen and oxygen atoms in total. The van der Waals surface area contributed by atoms with E-state index in [1.54, 1.807) is 30.3 Å². The molecule has 0 atom stereocenters. The van der Waals surface area contributed by atoms with E-state index in [2.05, 4.69) is 5.32 Å². The lowest BCUT2D eigenvalue weighted by atomic mass is 9.97. The zero-order valence-electron chi connectivity index (χ0n) is 14.2. The van der Waals surface area contributed by atoms with Crippen LogP contribution in [-0.2, 0) is 4.79 Å². The number of benzene rings is 2. The van der Waals surface area contributed by atoms with Crippen LogP contribution in [0.15, 0.2) is 51.7 Å². The first-order valence-electron chi connectivity index (χ1n) is 8.01. The topological polar surface area (TPSA) is 59.3 Å². The summed E-state index contributed by atoms with van der Waals surface area (Å²) >= 11 is 5.96. The standard InChI is InChI=1S/C20H18ClNO3/c1-11(2)20-18(13-4-6-14(21)7-5-13)19(24)16-9-8-15(22-12(3)23)10-17(16)25-20/h4-11H,1-3H3,(H,22,23). The number of hydrogen-bond acceptors (Lipinski definition) is 3. The average Bonchev–Trinajstić information content (AvgIpc) is 2.55. The molecule has 5 heteroatoms. The second kappa shape index (κ2) is 6.73. The minimum Gasteiger partial charge on any atom is -0.460 e. The number of carbonyl (C=O) groups is 1. The third-order valence-corrected chi connectivity index (χ3v) is 4.15. The third-order valence-electron chi connectivity index (χ3n) is 3.90. The molecule has 0 aliphatic heterocycles. The molecule has 3 aromatic rings. The summed E-state index contributed by atoms with van der Waals surface area (Å²) in [6, 6.07) is 12.2. The molecule has 0 fully saturated rings. The van der Waals surface area contributed by atoms with Crippen LogP contribution in [0, 0.1) is 0 Å². The molecule has 3 rings (SSSR count). The number of hydrogen-bond donors (Lipinski definition) is 1. The molecule has 0 aliphatic carbocycles. The largest absolute Gasteiger partial charge is 0.460 e. The monoisotopic (exact) mass is 355 g/mol. The minimum atomic E-state index is -0.177. The summed E-state index contributed by atoms with van der Waals surface area (Å²) in [7, 11) is 0. The highest BCUT2D eigenvalue weighted by Crippen LogP contribution is 2.31. The molecule has 1 aromatic heterocycles. The third kappa shape index (κ3) is 3.44. The Morgan fingerprint density at radius 3 is 2.40 bits per heavy atom. The van der Waals surface area contributed by atoms with Crippen molar-refractivity contribution in [2.45, 2.75) is 26.7 Å². The van der Waals surface area contributed by atoms with Gasteiger partial charge >= 0.3 is 0 Å². The summed E-state index contributed by atoms with van der Waals surface area (Å²) in [5, 5.41) is 3.79. The highest BCUT2D eigenvalue weighted by molar-refractivity contribution is 6.30. The Bertz CT molecular complexity index is 1000. The van der Waals surface area contributed by atoms with Gasteiger partial charge in [-0.2, -0.15) is 0 Å². The van der Waals surface area contributed by atoms with Gasteiger partial charge in [0.25, 0.3) is 0 Å². The van der Waals surface area contributed by atoms with Gasteiger partial charge in [0.1, 0.15) is 11.3 Å². The van der Waals surface area contributed by atoms with Crippen molar-refractivity contribution >= 4 is 34.2 Å². The van der Waals surface area contributed by atoms with E-state index in [0.29, 0.717) is 33.0 Å². The molecule has 0 unspecified atom stereocenters. The van der Waals surface area contributed by atoms with E-state index in [0.717, 1.165) is 5.56 Å². The van der Waals surface area contributed by atoms with Crippen LogP contribution in [0.2, 0.25) is 5.02 Å². The van der Waals surface area contributed by atoms with Gasteiger partial charge in [0.15, 0.2) is 0 Å². The fourth-order valence-corrected chi connectivity index (χ4v) is 2.91. The Morgan fingerprint density at radius 2 is 1.80 bits per heavy atom. The lowest BCUT2D eigenvalue weighted by molar-refractivity contribution is -0.114. The molecular weight excluding hydrogens is 338 g/mol. The zero-order chi connectivity index (χ0) is 18.1. The zero-order valence-corrected chi connectivity index (χ0v) is 15.0. The summed E-state index contributed by atoms with van der Waals surface area (Å²) in [5.74, 6) is 0.454. The second-order valence-electron chi connectivity index (χ2n) is 6.22. The number of carbonyl (C=O) groups excluding carboxylic acids is 1. The van der Waals surface area contributed by atoms with Crippen molar-refractivity contribution in [3.8, 4) is 11.1 Å². The summed E-state index contributed by atoms with van der Waals surface area (Å²) in [6.07, 6.45) is 0. The van der Waals surface area contributed by atoms with Crippen molar-refractivity contribution in [2.75, 3.05) is 5.32 Å². The van der Waals surface area contributed by atoms with Crippen molar-refractivity contribution in [3.63, 3.8) is 0 Å². The van der Waals surface area contributed by atoms with E-state index < -0.39 is 0 Å². The molecule has 1 N–H and O–H groups in total. The van der Waals surface area contributed by atoms with Crippen molar-refractivity contribution in [1.29, 1.82) is 0 Å². The van der Waals surface area contributed by atoms with E-state index in [9.17, 15) is 9.59 Å². The molecule has 0 aliphatic rings. The molecule has 0 radical (unpaired) electrons. The number of nitrogens with one attached hydrogen (secondary N) is 1. The van der Waals surface area contributed by atoms with Gasteiger partial charge < -0.3 is 9.73 Å². The first kappa shape index (κ1) is 17.2. The molecule has 0 saturated heterocycles. The molecule has 0 spiro atoms. The molecule has 2 aromatic carbocycles. The van der Waals surface area contributed by atoms with E-state index in [-0.39, 0.29) is 17.3 Å². The van der Waals surface area contributed by atoms with Gasteiger partial charge in [-0.15, -0.1) is 0 Å². The van der Waals surface area contributed by atoms with Crippen molar-refractivity contribution < 1.29 is 9.21 Å². The molecular formula is C20H18ClNO3. The smallest absolute Gasteiger partial charge is 0.221 e. The Morgan fingerprint density at radius 1 is 1.12 bits per heavy atom. The van der Waals surface area contributed by atoms with Gasteiger partial charge in [-0.05, 0) is 29.8 Å². The van der Waals surface area contributed by atoms with E-state index >= 15 is 0 Å². The highest BCUT2D eigenvalue weighted by Gasteiger charge is 2.19. The number of rotatable bonds is 3. The second-order valence-corrected chi connectivity index (χ2v) is 6.66. The van der Waals surface area contributed by atoms with Crippen molar-refractivity contribution in [1.82, 2.24) is 0 Å². The van der Waals surface area contributed by atoms with E-state index in [4.69, 9.17) is 16.0 Å². The van der Waals surface area contributed by atoms with Crippen LogP contribution in [0.25, 0.3) is 22.1 Å². The normalized spacial score (nSPS) is 11.1. The Hall–Kier alpha value is -2.59. The van der Waals surface area contributed by atoms with Crippen molar-refractivity contribution in [3.05, 3.63) is 63.5 Å². The van der Waals surface area contributed by atoms with Crippen LogP contribution in [-0.4, -0.2) is 5.91 Å². The first-order chi connectivity index (χ1) is 11.9. The molecule has 1 heterocycles. The lowest BCUT2D eigenvalue weighted by Crippen LogP contribution is -2.11. The van der Waals surface area contributed by atoms with Gasteiger partial charge in [0.05, 0.1) is 10.9 Å². The maximum absolute atomic E-state index is 13.1. The molecule has 0 saturated carbocycles. The van der Waals surface area contributed by atoms with Gasteiger partial charge in [0, 0.05) is 29.6 Å². The fraction of sp³-hybridized carbons (Fsp3) is 0.200. The molecule has 1 amide bonds. The van der Waals surface area contributed by atoms with Crippen LogP contribution >= 0.6 is 11.6 Å². The van der Waals surface area contributed by atoms with Gasteiger partial charge in [-0.1, -0.05) is 37.6 Å². The maximum atomic E-state index is 13.1. The average molecular weight is 356 g/mol. The summed E-state index contributed by atoms with van der Waals surface area (Å²) in [5.41, 5.74) is 2.28. The summed E-state index contributed by atoms with van der Waals surface area (Å²) < 4.78 is 6.06. The Balaban J connectivity index is 2.28. The van der Waals surface area contributed by atoms with Crippen LogP contribution in [0.4, 0.5) is 5.69 Å². The van der Waals surface area contributed by atoms with Crippen LogP contribution in [0.1, 0.15) is 32.4 Å². The lowest BCUT2D eigenvalue weighted by Gasteiger charge is -2.13. The number of fused-ring (bicyclic) bond motifs is 1. The Labute approximate surface area is 150 Å². The van der Waals surface area contributed by atoms with E-state index in [1.165, 1.54) is 6.92 Å². The van der Waals surface area contributed by atoms with Crippen LogP contribution in [0.3, 0.4) is 0 Å². The predicted octanol–water partition coefficient (Wildman–Crippen LogP) is 5.20. The van der Waals surface area contributed by atoms with Crippen LogP contribution in [0.5, 0.6) is 0 Å². The number of halogens is 1. The van der Waals surface area contributed by atoms with Crippen molar-refractivity contribution in [2.24, 2.45) is 0 Å². The SMILES string of the molecule is CC(=O)Nc1ccc2c(=O)c(-c3ccc(Cl)cc3)c(C(C)C)oc2c1. The quantitative estimate of drug-likeness (QED) is 0.702. The van der Waals surface area contributed by atoms with Gasteiger partial charge in [-0.25, -0.2) is 0 Å². The highest BCUT2D eigenvalue weighted by atomic mass is 35.5. The molecule has 25 heavy (non-hydrogen) atoms. The fourth-order valence-electron chi connectivity index (χ4n) is 2.79. The van der Waals surface area contributed by atoms with Gasteiger partial charge in [-0.3, -0.25) is 9.59 Å². The summed E-state index contributed by atoms with van der Waals surface area (Å²) in [4.78, 5) is 24.3. The minimum absolute atomic E-state index is 0.0206. The number of anilines is 1.